The summed E-state index contributed by atoms with van der Waals surface area (Å²) in [7, 11) is 0. The predicted molar refractivity (Wildman–Crippen MR) is 128 cm³/mol. The van der Waals surface area contributed by atoms with Gasteiger partial charge in [0.05, 0.1) is 6.10 Å². The van der Waals surface area contributed by atoms with Gasteiger partial charge in [-0.1, -0.05) is 85.8 Å². The first kappa shape index (κ1) is 22.6. The van der Waals surface area contributed by atoms with Gasteiger partial charge < -0.3 is 9.84 Å². The van der Waals surface area contributed by atoms with Gasteiger partial charge in [-0.25, -0.2) is 0 Å². The molecule has 0 aromatic heterocycles. The number of benzene rings is 3. The predicted octanol–water partition coefficient (Wildman–Crippen LogP) is 7.35. The van der Waals surface area contributed by atoms with E-state index in [0.29, 0.717) is 5.25 Å². The van der Waals surface area contributed by atoms with Crippen molar-refractivity contribution in [1.29, 1.82) is 0 Å². The van der Waals surface area contributed by atoms with Crippen molar-refractivity contribution in [3.63, 3.8) is 0 Å². The Morgan fingerprint density at radius 2 is 1.41 bits per heavy atom. The lowest BCUT2D eigenvalue weighted by Gasteiger charge is -2.16. The van der Waals surface area contributed by atoms with Crippen molar-refractivity contribution in [2.75, 3.05) is 0 Å². The maximum Gasteiger partial charge on any atom is 0.119 e. The third-order valence-electron chi connectivity index (χ3n) is 4.36. The molecule has 3 aromatic rings. The minimum absolute atomic E-state index is 0.0858. The first-order valence-electron chi connectivity index (χ1n) is 9.80. The van der Waals surface area contributed by atoms with E-state index in [1.54, 1.807) is 0 Å². The summed E-state index contributed by atoms with van der Waals surface area (Å²) in [6.45, 7) is 9.73. The Morgan fingerprint density at radius 3 is 1.83 bits per heavy atom. The van der Waals surface area contributed by atoms with E-state index < -0.39 is 0 Å². The first-order chi connectivity index (χ1) is 13.8. The van der Waals surface area contributed by atoms with E-state index in [1.807, 2.05) is 66.7 Å². The number of aryl methyl sites for hydroxylation is 1. The number of thiol groups is 1. The minimum atomic E-state index is 0.0858. The fraction of sp³-hybridized carbons (Fsp3) is 0.231. The Hall–Kier alpha value is -2.65. The van der Waals surface area contributed by atoms with Gasteiger partial charge in [-0.2, -0.15) is 12.6 Å². The number of rotatable bonds is 6. The highest BCUT2D eigenvalue weighted by Crippen LogP contribution is 2.24. The van der Waals surface area contributed by atoms with Gasteiger partial charge in [-0.05, 0) is 43.5 Å². The molecule has 0 saturated carbocycles. The Morgan fingerprint density at radius 1 is 0.897 bits per heavy atom. The van der Waals surface area contributed by atoms with E-state index in [2.05, 4.69) is 52.1 Å². The van der Waals surface area contributed by atoms with E-state index in [1.165, 1.54) is 5.56 Å². The van der Waals surface area contributed by atoms with E-state index in [9.17, 15) is 5.11 Å². The van der Waals surface area contributed by atoms with Crippen LogP contribution in [0.3, 0.4) is 0 Å². The van der Waals surface area contributed by atoms with E-state index in [4.69, 9.17) is 4.74 Å². The summed E-state index contributed by atoms with van der Waals surface area (Å²) in [5, 5.41) is 9.68. The molecule has 0 aliphatic carbocycles. The highest BCUT2D eigenvalue weighted by Gasteiger charge is 2.07. The second-order valence-corrected chi connectivity index (χ2v) is 8.10. The third-order valence-corrected chi connectivity index (χ3v) is 4.57. The molecule has 3 aromatic carbocycles. The standard InChI is InChI=1S/C19H22O2S.C7H8/c1-13(12-14(2)22)21-19-10-8-18(9-11-19)17-6-4-16(5-7-17)15(3)20;1-7-5-3-2-4-6-7/h4-11,13-14,20,22H,3,12H2,1-2H3;2-6H,1H3/t13-,14?;/m0./s1. The molecule has 2 nitrogen and oxygen atoms in total. The van der Waals surface area contributed by atoms with Crippen LogP contribution in [0, 0.1) is 6.92 Å². The Bertz CT molecular complexity index is 869. The molecule has 0 aliphatic rings. The molecule has 152 valence electrons. The minimum Gasteiger partial charge on any atom is -0.508 e. The zero-order valence-electron chi connectivity index (χ0n) is 17.4. The SMILES string of the molecule is C=C(O)c1ccc(-c2ccc(O[C@@H](C)CC(C)S)cc2)cc1.Cc1ccccc1. The van der Waals surface area contributed by atoms with Crippen LogP contribution in [-0.2, 0) is 0 Å². The lowest BCUT2D eigenvalue weighted by molar-refractivity contribution is 0.212. The van der Waals surface area contributed by atoms with Crippen LogP contribution < -0.4 is 4.74 Å². The molecule has 2 atom stereocenters. The number of hydrogen-bond acceptors (Lipinski definition) is 3. The summed E-state index contributed by atoms with van der Waals surface area (Å²) < 4.78 is 5.87. The van der Waals surface area contributed by atoms with Gasteiger partial charge in [-0.15, -0.1) is 0 Å². The molecule has 0 bridgehead atoms. The van der Waals surface area contributed by atoms with Crippen molar-refractivity contribution >= 4 is 18.4 Å². The largest absolute Gasteiger partial charge is 0.508 e. The topological polar surface area (TPSA) is 29.5 Å². The number of aliphatic hydroxyl groups is 1. The van der Waals surface area contributed by atoms with Gasteiger partial charge in [0, 0.05) is 10.8 Å². The maximum atomic E-state index is 9.35. The summed E-state index contributed by atoms with van der Waals surface area (Å²) in [4.78, 5) is 0. The molecule has 3 heteroatoms. The monoisotopic (exact) mass is 406 g/mol. The molecule has 0 fully saturated rings. The van der Waals surface area contributed by atoms with Crippen molar-refractivity contribution in [3.8, 4) is 16.9 Å². The van der Waals surface area contributed by atoms with Gasteiger partial charge in [0.15, 0.2) is 0 Å². The quantitative estimate of drug-likeness (QED) is 0.331. The zero-order valence-corrected chi connectivity index (χ0v) is 18.3. The molecular formula is C26H30O2S. The molecule has 1 unspecified atom stereocenters. The van der Waals surface area contributed by atoms with Crippen LogP contribution >= 0.6 is 12.6 Å². The van der Waals surface area contributed by atoms with Crippen molar-refractivity contribution in [2.45, 2.75) is 38.5 Å². The van der Waals surface area contributed by atoms with Gasteiger partial charge in [0.1, 0.15) is 11.5 Å². The van der Waals surface area contributed by atoms with Gasteiger partial charge >= 0.3 is 0 Å². The Labute approximate surface area is 180 Å². The number of hydrogen-bond donors (Lipinski definition) is 2. The highest BCUT2D eigenvalue weighted by molar-refractivity contribution is 7.80. The Kier molecular flexibility index (Phi) is 8.88. The molecule has 0 aliphatic heterocycles. The molecular weight excluding hydrogens is 376 g/mol. The van der Waals surface area contributed by atoms with Crippen LogP contribution in [0.4, 0.5) is 0 Å². The average molecular weight is 407 g/mol. The maximum absolute atomic E-state index is 9.35. The second-order valence-electron chi connectivity index (χ2n) is 7.22. The molecule has 0 spiro atoms. The van der Waals surface area contributed by atoms with Crippen LogP contribution in [-0.4, -0.2) is 16.5 Å². The van der Waals surface area contributed by atoms with Crippen molar-refractivity contribution < 1.29 is 9.84 Å². The van der Waals surface area contributed by atoms with Crippen LogP contribution in [0.5, 0.6) is 5.75 Å². The van der Waals surface area contributed by atoms with Crippen LogP contribution in [0.25, 0.3) is 16.9 Å². The molecule has 0 heterocycles. The van der Waals surface area contributed by atoms with E-state index in [-0.39, 0.29) is 11.9 Å². The van der Waals surface area contributed by atoms with Gasteiger partial charge in [-0.3, -0.25) is 0 Å². The number of ether oxygens (including phenoxy) is 1. The lowest BCUT2D eigenvalue weighted by Crippen LogP contribution is -2.15. The van der Waals surface area contributed by atoms with Crippen molar-refractivity contribution in [1.82, 2.24) is 0 Å². The normalized spacial score (nSPS) is 12.3. The number of aliphatic hydroxyl groups excluding tert-OH is 1. The summed E-state index contributed by atoms with van der Waals surface area (Å²) in [5.41, 5.74) is 4.26. The zero-order chi connectivity index (χ0) is 21.2. The third kappa shape index (κ3) is 8.08. The lowest BCUT2D eigenvalue weighted by atomic mass is 10.0. The average Bonchev–Trinajstić information content (AvgIpc) is 2.69. The summed E-state index contributed by atoms with van der Waals surface area (Å²) >= 11 is 4.39. The first-order valence-corrected chi connectivity index (χ1v) is 10.3. The van der Waals surface area contributed by atoms with Crippen LogP contribution in [0.1, 0.15) is 31.4 Å². The molecule has 1 N–H and O–H groups in total. The van der Waals surface area contributed by atoms with Crippen LogP contribution in [0.15, 0.2) is 85.4 Å². The smallest absolute Gasteiger partial charge is 0.119 e. The molecule has 3 rings (SSSR count). The Balaban J connectivity index is 0.000000360. The molecule has 0 saturated heterocycles. The summed E-state index contributed by atoms with van der Waals surface area (Å²) in [5.74, 6) is 0.952. The van der Waals surface area contributed by atoms with E-state index >= 15 is 0 Å². The summed E-state index contributed by atoms with van der Waals surface area (Å²) in [6.07, 6.45) is 1.06. The van der Waals surface area contributed by atoms with E-state index in [0.717, 1.165) is 28.9 Å². The van der Waals surface area contributed by atoms with Gasteiger partial charge in [0.25, 0.3) is 0 Å². The van der Waals surface area contributed by atoms with Gasteiger partial charge in [0.2, 0.25) is 0 Å². The second kappa shape index (κ2) is 11.4. The summed E-state index contributed by atoms with van der Waals surface area (Å²) in [6, 6.07) is 26.0. The highest BCUT2D eigenvalue weighted by atomic mass is 32.1. The molecule has 29 heavy (non-hydrogen) atoms. The molecule has 0 amide bonds. The fourth-order valence-corrected chi connectivity index (χ4v) is 3.17. The molecule has 0 radical (unpaired) electrons. The van der Waals surface area contributed by atoms with Crippen molar-refractivity contribution in [2.24, 2.45) is 0 Å². The van der Waals surface area contributed by atoms with Crippen LogP contribution in [0.2, 0.25) is 0 Å². The fourth-order valence-electron chi connectivity index (χ4n) is 2.88. The van der Waals surface area contributed by atoms with Crippen molar-refractivity contribution in [3.05, 3.63) is 96.6 Å².